The van der Waals surface area contributed by atoms with Gasteiger partial charge in [-0.3, -0.25) is 4.79 Å². The second-order valence-corrected chi connectivity index (χ2v) is 6.00. The minimum atomic E-state index is -4.47. The lowest BCUT2D eigenvalue weighted by Gasteiger charge is -2.08. The summed E-state index contributed by atoms with van der Waals surface area (Å²) >= 11 is 0. The summed E-state index contributed by atoms with van der Waals surface area (Å²) in [6.45, 7) is -1.39. The molecule has 1 aromatic rings. The van der Waals surface area contributed by atoms with Gasteiger partial charge in [-0.1, -0.05) is 0 Å². The van der Waals surface area contributed by atoms with E-state index in [4.69, 9.17) is 5.14 Å². The topological polar surface area (TPSA) is 111 Å². The Morgan fingerprint density at radius 3 is 2.55 bits per heavy atom. The van der Waals surface area contributed by atoms with Gasteiger partial charge in [0.25, 0.3) is 5.91 Å². The molecule has 0 aliphatic heterocycles. The Labute approximate surface area is 124 Å². The highest BCUT2D eigenvalue weighted by molar-refractivity contribution is 7.89. The zero-order valence-electron chi connectivity index (χ0n) is 11.3. The smallest absolute Gasteiger partial charge is 0.422 e. The molecule has 0 spiro atoms. The van der Waals surface area contributed by atoms with Crippen LogP contribution in [0.15, 0.2) is 18.3 Å². The molecule has 0 bridgehead atoms. The van der Waals surface area contributed by atoms with Gasteiger partial charge in [0, 0.05) is 18.8 Å². The summed E-state index contributed by atoms with van der Waals surface area (Å²) in [6.07, 6.45) is -3.27. The van der Waals surface area contributed by atoms with Crippen LogP contribution in [0.4, 0.5) is 13.2 Å². The van der Waals surface area contributed by atoms with Gasteiger partial charge >= 0.3 is 6.18 Å². The predicted octanol–water partition coefficient (Wildman–Crippen LogP) is 0.431. The van der Waals surface area contributed by atoms with Gasteiger partial charge in [-0.05, 0) is 12.5 Å². The highest BCUT2D eigenvalue weighted by Crippen LogP contribution is 2.16. The first-order valence-corrected chi connectivity index (χ1v) is 7.73. The van der Waals surface area contributed by atoms with Crippen molar-refractivity contribution >= 4 is 15.9 Å². The van der Waals surface area contributed by atoms with Crippen molar-refractivity contribution in [1.82, 2.24) is 10.3 Å². The molecule has 0 saturated heterocycles. The number of aromatic nitrogens is 1. The van der Waals surface area contributed by atoms with Crippen LogP contribution >= 0.6 is 0 Å². The van der Waals surface area contributed by atoms with E-state index in [1.807, 2.05) is 0 Å². The van der Waals surface area contributed by atoms with Crippen LogP contribution in [0, 0.1) is 0 Å². The molecule has 0 aliphatic rings. The molecule has 0 unspecified atom stereocenters. The SMILES string of the molecule is NS(=O)(=O)CCCNC(=O)c1ccc(OCC(F)(F)F)nc1. The summed E-state index contributed by atoms with van der Waals surface area (Å²) < 4.78 is 61.6. The molecule has 0 aromatic carbocycles. The standard InChI is InChI=1S/C11H14F3N3O4S/c12-11(13,14)7-21-9-3-2-8(6-17-9)10(18)16-4-1-5-22(15,19)20/h2-3,6H,1,4-5,7H2,(H,16,18)(H2,15,19,20). The van der Waals surface area contributed by atoms with Gasteiger partial charge in [0.15, 0.2) is 6.61 Å². The monoisotopic (exact) mass is 341 g/mol. The number of primary sulfonamides is 1. The van der Waals surface area contributed by atoms with Crippen LogP contribution in [0.1, 0.15) is 16.8 Å². The number of ether oxygens (including phenoxy) is 1. The summed E-state index contributed by atoms with van der Waals surface area (Å²) in [6, 6.07) is 2.37. The summed E-state index contributed by atoms with van der Waals surface area (Å²) in [7, 11) is -3.58. The second-order valence-electron chi connectivity index (χ2n) is 4.27. The second kappa shape index (κ2) is 7.40. The lowest BCUT2D eigenvalue weighted by atomic mass is 10.2. The third kappa shape index (κ3) is 7.78. The first-order valence-electron chi connectivity index (χ1n) is 6.01. The van der Waals surface area contributed by atoms with Crippen molar-refractivity contribution in [2.24, 2.45) is 5.14 Å². The fourth-order valence-corrected chi connectivity index (χ4v) is 1.88. The normalized spacial score (nSPS) is 12.0. The van der Waals surface area contributed by atoms with Crippen LogP contribution in [0.3, 0.4) is 0 Å². The highest BCUT2D eigenvalue weighted by Gasteiger charge is 2.28. The molecule has 1 rings (SSSR count). The number of nitrogens with one attached hydrogen (secondary N) is 1. The van der Waals surface area contributed by atoms with Gasteiger partial charge < -0.3 is 10.1 Å². The third-order valence-corrected chi connectivity index (χ3v) is 3.13. The lowest BCUT2D eigenvalue weighted by molar-refractivity contribution is -0.154. The summed E-state index contributed by atoms with van der Waals surface area (Å²) in [4.78, 5) is 15.2. The number of sulfonamides is 1. The minimum Gasteiger partial charge on any atom is -0.468 e. The molecule has 0 atom stereocenters. The number of hydrogen-bond acceptors (Lipinski definition) is 5. The average molecular weight is 341 g/mol. The largest absolute Gasteiger partial charge is 0.468 e. The molecule has 0 aliphatic carbocycles. The van der Waals surface area contributed by atoms with Gasteiger partial charge in [0.05, 0.1) is 11.3 Å². The number of alkyl halides is 3. The Kier molecular flexibility index (Phi) is 6.11. The van der Waals surface area contributed by atoms with Crippen molar-refractivity contribution < 1.29 is 31.1 Å². The molecule has 11 heteroatoms. The maximum atomic E-state index is 11.9. The third-order valence-electron chi connectivity index (χ3n) is 2.27. The maximum Gasteiger partial charge on any atom is 0.422 e. The average Bonchev–Trinajstić information content (AvgIpc) is 2.40. The minimum absolute atomic E-state index is 0.0849. The van der Waals surface area contributed by atoms with E-state index in [1.54, 1.807) is 0 Å². The number of hydrogen-bond donors (Lipinski definition) is 2. The Balaban J connectivity index is 2.44. The first-order chi connectivity index (χ1) is 10.1. The Bertz CT molecular complexity index is 602. The number of nitrogens with two attached hydrogens (primary N) is 1. The van der Waals surface area contributed by atoms with Crippen molar-refractivity contribution in [3.05, 3.63) is 23.9 Å². The summed E-state index contributed by atoms with van der Waals surface area (Å²) in [5, 5.41) is 7.22. The van der Waals surface area contributed by atoms with Crippen LogP contribution in [-0.4, -0.2) is 44.4 Å². The fraction of sp³-hybridized carbons (Fsp3) is 0.455. The molecular weight excluding hydrogens is 327 g/mol. The van der Waals surface area contributed by atoms with Crippen molar-refractivity contribution in [2.45, 2.75) is 12.6 Å². The molecule has 1 aromatic heterocycles. The zero-order chi connectivity index (χ0) is 16.8. The number of halogens is 3. The van der Waals surface area contributed by atoms with Crippen LogP contribution in [0.5, 0.6) is 5.88 Å². The van der Waals surface area contributed by atoms with Crippen LogP contribution < -0.4 is 15.2 Å². The van der Waals surface area contributed by atoms with Gasteiger partial charge in [-0.25, -0.2) is 18.5 Å². The van der Waals surface area contributed by atoms with Crippen molar-refractivity contribution in [2.75, 3.05) is 18.9 Å². The zero-order valence-corrected chi connectivity index (χ0v) is 12.1. The van der Waals surface area contributed by atoms with E-state index in [9.17, 15) is 26.4 Å². The van der Waals surface area contributed by atoms with Crippen LogP contribution in [-0.2, 0) is 10.0 Å². The molecular formula is C11H14F3N3O4S. The molecule has 0 fully saturated rings. The predicted molar refractivity (Wildman–Crippen MR) is 70.7 cm³/mol. The number of carbonyl (C=O) groups is 1. The Morgan fingerprint density at radius 1 is 1.36 bits per heavy atom. The molecule has 0 saturated carbocycles. The highest BCUT2D eigenvalue weighted by atomic mass is 32.2. The van der Waals surface area contributed by atoms with E-state index in [0.717, 1.165) is 12.3 Å². The van der Waals surface area contributed by atoms with E-state index >= 15 is 0 Å². The summed E-state index contributed by atoms with van der Waals surface area (Å²) in [5.74, 6) is -1.07. The maximum absolute atomic E-state index is 11.9. The van der Waals surface area contributed by atoms with Gasteiger partial charge in [0.2, 0.25) is 15.9 Å². The molecule has 3 N–H and O–H groups in total. The number of amides is 1. The Morgan fingerprint density at radius 2 is 2.05 bits per heavy atom. The van der Waals surface area contributed by atoms with E-state index in [2.05, 4.69) is 15.0 Å². The van der Waals surface area contributed by atoms with Gasteiger partial charge in [-0.2, -0.15) is 13.2 Å². The molecule has 1 amide bonds. The number of rotatable bonds is 7. The van der Waals surface area contributed by atoms with E-state index in [1.165, 1.54) is 6.07 Å². The van der Waals surface area contributed by atoms with E-state index in [0.29, 0.717) is 0 Å². The number of pyridine rings is 1. The first kappa shape index (κ1) is 18.2. The van der Waals surface area contributed by atoms with Crippen molar-refractivity contribution in [3.63, 3.8) is 0 Å². The number of nitrogens with zero attached hydrogens (tertiary/aromatic N) is 1. The fourth-order valence-electron chi connectivity index (χ4n) is 1.33. The van der Waals surface area contributed by atoms with Gasteiger partial charge in [0.1, 0.15) is 0 Å². The van der Waals surface area contributed by atoms with Crippen LogP contribution in [0.25, 0.3) is 0 Å². The van der Waals surface area contributed by atoms with Gasteiger partial charge in [-0.15, -0.1) is 0 Å². The molecule has 1 heterocycles. The van der Waals surface area contributed by atoms with Crippen molar-refractivity contribution in [1.29, 1.82) is 0 Å². The van der Waals surface area contributed by atoms with Crippen LogP contribution in [0.2, 0.25) is 0 Å². The molecule has 124 valence electrons. The van der Waals surface area contributed by atoms with E-state index < -0.39 is 28.7 Å². The number of carbonyl (C=O) groups excluding carboxylic acids is 1. The molecule has 7 nitrogen and oxygen atoms in total. The quantitative estimate of drug-likeness (QED) is 0.699. The summed E-state index contributed by atoms with van der Waals surface area (Å²) in [5.41, 5.74) is 0.106. The van der Waals surface area contributed by atoms with E-state index in [-0.39, 0.29) is 30.2 Å². The van der Waals surface area contributed by atoms with Crippen molar-refractivity contribution in [3.8, 4) is 5.88 Å². The Hall–Kier alpha value is -1.88. The molecule has 0 radical (unpaired) electrons. The molecule has 22 heavy (non-hydrogen) atoms. The lowest BCUT2D eigenvalue weighted by Crippen LogP contribution is -2.27.